The summed E-state index contributed by atoms with van der Waals surface area (Å²) in [7, 11) is 0. The monoisotopic (exact) mass is 131 g/mol. The Morgan fingerprint density at radius 2 is 2.12 bits per heavy atom. The zero-order chi connectivity index (χ0) is 6.41. The van der Waals surface area contributed by atoms with Gasteiger partial charge in [-0.05, 0) is 23.8 Å². The smallest absolute Gasteiger partial charge is 0.000968 e. The van der Waals surface area contributed by atoms with Crippen LogP contribution < -0.4 is 0 Å². The van der Waals surface area contributed by atoms with Crippen molar-refractivity contribution in [2.24, 2.45) is 0 Å². The lowest BCUT2D eigenvalue weighted by Crippen LogP contribution is -1.88. The Balaban J connectivity index is 2.72. The van der Waals surface area contributed by atoms with Crippen LogP contribution in [0.5, 0.6) is 0 Å². The van der Waals surface area contributed by atoms with E-state index in [-0.39, 0.29) is 0 Å². The van der Waals surface area contributed by atoms with Crippen LogP contribution in [0.3, 0.4) is 0 Å². The van der Waals surface area contributed by atoms with Gasteiger partial charge in [0.15, 0.2) is 0 Å². The van der Waals surface area contributed by atoms with E-state index in [0.717, 1.165) is 5.25 Å². The minimum Gasteiger partial charge on any atom is -0.159 e. The van der Waals surface area contributed by atoms with Crippen molar-refractivity contribution in [1.82, 2.24) is 0 Å². The highest BCUT2D eigenvalue weighted by Crippen LogP contribution is 2.10. The van der Waals surface area contributed by atoms with E-state index in [9.17, 15) is 0 Å². The third kappa shape index (κ3) is 6.35. The first-order chi connectivity index (χ1) is 3.77. The van der Waals surface area contributed by atoms with Gasteiger partial charge in [-0.2, -0.15) is 11.8 Å². The van der Waals surface area contributed by atoms with Gasteiger partial charge in [-0.25, -0.2) is 0 Å². The van der Waals surface area contributed by atoms with E-state index in [4.69, 9.17) is 0 Å². The maximum atomic E-state index is 2.24. The number of rotatable bonds is 4. The largest absolute Gasteiger partial charge is 0.159 e. The molecule has 0 atom stereocenters. The molecule has 0 rings (SSSR count). The average molecular weight is 131 g/mol. The Bertz CT molecular complexity index is 41.7. The standard InChI is InChI=1S/C7H15S/c1-4-5-6-8-7(2)3/h4,7H,5-6H2,1-3H3. The molecule has 0 amide bonds. The van der Waals surface area contributed by atoms with Crippen LogP contribution in [-0.4, -0.2) is 11.0 Å². The van der Waals surface area contributed by atoms with Gasteiger partial charge in [0.1, 0.15) is 0 Å². The van der Waals surface area contributed by atoms with Crippen LogP contribution in [0.4, 0.5) is 0 Å². The molecule has 0 unspecified atom stereocenters. The van der Waals surface area contributed by atoms with E-state index in [0.29, 0.717) is 0 Å². The highest BCUT2D eigenvalue weighted by atomic mass is 32.2. The van der Waals surface area contributed by atoms with Gasteiger partial charge in [0, 0.05) is 0 Å². The molecule has 0 aromatic rings. The normalized spacial score (nSPS) is 10.5. The molecular formula is C7H15S. The summed E-state index contributed by atoms with van der Waals surface area (Å²) in [6.07, 6.45) is 3.47. The van der Waals surface area contributed by atoms with Crippen molar-refractivity contribution in [1.29, 1.82) is 0 Å². The molecule has 0 saturated carbocycles. The summed E-state index contributed by atoms with van der Waals surface area (Å²) in [6, 6.07) is 0. The number of hydrogen-bond donors (Lipinski definition) is 0. The van der Waals surface area contributed by atoms with Crippen molar-refractivity contribution in [3.8, 4) is 0 Å². The third-order valence-electron chi connectivity index (χ3n) is 0.858. The summed E-state index contributed by atoms with van der Waals surface area (Å²) in [5.41, 5.74) is 0. The molecule has 0 aliphatic carbocycles. The van der Waals surface area contributed by atoms with Crippen LogP contribution in [0.1, 0.15) is 27.2 Å². The fourth-order valence-corrected chi connectivity index (χ4v) is 1.26. The maximum Gasteiger partial charge on any atom is -0.000968 e. The molecule has 0 heterocycles. The van der Waals surface area contributed by atoms with Crippen LogP contribution in [0.25, 0.3) is 0 Å². The molecule has 0 aromatic heterocycles. The van der Waals surface area contributed by atoms with Gasteiger partial charge in [0.25, 0.3) is 0 Å². The highest BCUT2D eigenvalue weighted by molar-refractivity contribution is 7.99. The van der Waals surface area contributed by atoms with Crippen molar-refractivity contribution < 1.29 is 0 Å². The first-order valence-corrected chi connectivity index (χ1v) is 4.21. The summed E-state index contributed by atoms with van der Waals surface area (Å²) < 4.78 is 0. The van der Waals surface area contributed by atoms with Crippen molar-refractivity contribution >= 4 is 11.8 Å². The minimum absolute atomic E-state index is 0.801. The van der Waals surface area contributed by atoms with Gasteiger partial charge in [0.2, 0.25) is 0 Å². The second-order valence-corrected chi connectivity index (χ2v) is 3.80. The van der Waals surface area contributed by atoms with Crippen LogP contribution in [-0.2, 0) is 0 Å². The minimum atomic E-state index is 0.801. The van der Waals surface area contributed by atoms with E-state index in [1.807, 2.05) is 11.8 Å². The van der Waals surface area contributed by atoms with Gasteiger partial charge in [-0.15, -0.1) is 0 Å². The van der Waals surface area contributed by atoms with Gasteiger partial charge < -0.3 is 0 Å². The number of unbranched alkanes of at least 4 members (excludes halogenated alkanes) is 1. The van der Waals surface area contributed by atoms with Crippen LogP contribution in [0.15, 0.2) is 0 Å². The summed E-state index contributed by atoms with van der Waals surface area (Å²) in [5.74, 6) is 1.29. The Hall–Kier alpha value is 0.350. The fourth-order valence-electron chi connectivity index (χ4n) is 0.422. The zero-order valence-electron chi connectivity index (χ0n) is 5.98. The van der Waals surface area contributed by atoms with E-state index < -0.39 is 0 Å². The first-order valence-electron chi connectivity index (χ1n) is 3.16. The molecule has 1 radical (unpaired) electrons. The molecule has 0 aliphatic rings. The molecule has 0 fully saturated rings. The SMILES string of the molecule is C[CH]CCSC(C)C. The lowest BCUT2D eigenvalue weighted by molar-refractivity contribution is 1.07. The average Bonchev–Trinajstić information content (AvgIpc) is 1.66. The van der Waals surface area contributed by atoms with Crippen molar-refractivity contribution in [2.45, 2.75) is 32.4 Å². The molecule has 0 spiro atoms. The Morgan fingerprint density at radius 3 is 2.50 bits per heavy atom. The molecular weight excluding hydrogens is 116 g/mol. The van der Waals surface area contributed by atoms with Gasteiger partial charge in [0.05, 0.1) is 0 Å². The Labute approximate surface area is 57.1 Å². The molecule has 8 heavy (non-hydrogen) atoms. The molecule has 49 valence electrons. The molecule has 1 heteroatoms. The Morgan fingerprint density at radius 1 is 1.50 bits per heavy atom. The number of hydrogen-bond acceptors (Lipinski definition) is 1. The molecule has 0 aliphatic heterocycles. The van der Waals surface area contributed by atoms with E-state index in [2.05, 4.69) is 27.2 Å². The molecule has 0 bridgehead atoms. The molecule has 0 nitrogen and oxygen atoms in total. The number of thioether (sulfide) groups is 1. The molecule has 0 aromatic carbocycles. The van der Waals surface area contributed by atoms with Crippen LogP contribution in [0.2, 0.25) is 0 Å². The topological polar surface area (TPSA) is 0 Å². The van der Waals surface area contributed by atoms with Crippen LogP contribution in [0, 0.1) is 6.42 Å². The van der Waals surface area contributed by atoms with E-state index >= 15 is 0 Å². The Kier molecular flexibility index (Phi) is 5.73. The van der Waals surface area contributed by atoms with Gasteiger partial charge >= 0.3 is 0 Å². The molecule has 0 N–H and O–H groups in total. The third-order valence-corrected chi connectivity index (χ3v) is 2.00. The summed E-state index contributed by atoms with van der Waals surface area (Å²) in [4.78, 5) is 0. The lowest BCUT2D eigenvalue weighted by atomic mass is 10.4. The first kappa shape index (κ1) is 8.35. The second kappa shape index (κ2) is 5.49. The van der Waals surface area contributed by atoms with E-state index in [1.165, 1.54) is 12.2 Å². The summed E-state index contributed by atoms with van der Waals surface area (Å²) in [6.45, 7) is 6.58. The van der Waals surface area contributed by atoms with Crippen molar-refractivity contribution in [2.75, 3.05) is 5.75 Å². The van der Waals surface area contributed by atoms with Crippen molar-refractivity contribution in [3.63, 3.8) is 0 Å². The summed E-state index contributed by atoms with van der Waals surface area (Å²) in [5, 5.41) is 0.801. The fraction of sp³-hybridized carbons (Fsp3) is 0.857. The van der Waals surface area contributed by atoms with Crippen LogP contribution >= 0.6 is 11.8 Å². The van der Waals surface area contributed by atoms with Gasteiger partial charge in [-0.1, -0.05) is 20.8 Å². The van der Waals surface area contributed by atoms with Gasteiger partial charge in [-0.3, -0.25) is 0 Å². The van der Waals surface area contributed by atoms with E-state index in [1.54, 1.807) is 0 Å². The predicted octanol–water partition coefficient (Wildman–Crippen LogP) is 2.74. The predicted molar refractivity (Wildman–Crippen MR) is 42.2 cm³/mol. The summed E-state index contributed by atoms with van der Waals surface area (Å²) >= 11 is 2.02. The highest BCUT2D eigenvalue weighted by Gasteiger charge is 1.90. The molecule has 0 saturated heterocycles. The quantitative estimate of drug-likeness (QED) is 0.529. The zero-order valence-corrected chi connectivity index (χ0v) is 6.79. The lowest BCUT2D eigenvalue weighted by Gasteiger charge is -2.00. The van der Waals surface area contributed by atoms with Crippen molar-refractivity contribution in [3.05, 3.63) is 6.42 Å². The second-order valence-electron chi connectivity index (χ2n) is 2.12. The maximum absolute atomic E-state index is 2.24.